The molecule has 10 heteroatoms. The zero-order chi connectivity index (χ0) is 23.5. The summed E-state index contributed by atoms with van der Waals surface area (Å²) in [5.41, 5.74) is 1.71. The highest BCUT2D eigenvalue weighted by atomic mass is 32.2. The fraction of sp³-hybridized carbons (Fsp3) is 0.217. The molecule has 0 fully saturated rings. The highest BCUT2D eigenvalue weighted by Gasteiger charge is 2.18. The summed E-state index contributed by atoms with van der Waals surface area (Å²) < 4.78 is 11.6. The van der Waals surface area contributed by atoms with Gasteiger partial charge in [0.15, 0.2) is 5.16 Å². The molecule has 0 bridgehead atoms. The monoisotopic (exact) mass is 483 g/mol. The number of benzene rings is 1. The number of nitrogens with one attached hydrogen (secondary N) is 1. The van der Waals surface area contributed by atoms with Gasteiger partial charge >= 0.3 is 5.97 Å². The maximum atomic E-state index is 13.3. The van der Waals surface area contributed by atoms with E-state index in [2.05, 4.69) is 15.0 Å². The lowest BCUT2D eigenvalue weighted by atomic mass is 10.2. The number of aryl methyl sites for hydroxylation is 2. The van der Waals surface area contributed by atoms with Crippen molar-refractivity contribution in [2.24, 2.45) is 0 Å². The number of rotatable bonds is 7. The second-order valence-electron chi connectivity index (χ2n) is 7.23. The molecule has 4 aromatic rings. The number of nitrogens with zero attached hydrogens (tertiary/aromatic N) is 2. The number of thioether (sulfide) groups is 1. The summed E-state index contributed by atoms with van der Waals surface area (Å²) in [4.78, 5) is 43.8. The molecule has 4 rings (SSSR count). The van der Waals surface area contributed by atoms with Crippen molar-refractivity contribution < 1.29 is 18.7 Å². The number of hydrogen-bond acceptors (Lipinski definition) is 8. The van der Waals surface area contributed by atoms with E-state index in [9.17, 15) is 14.4 Å². The Morgan fingerprint density at radius 3 is 2.64 bits per heavy atom. The van der Waals surface area contributed by atoms with E-state index in [-0.39, 0.29) is 23.8 Å². The second kappa shape index (κ2) is 9.63. The van der Waals surface area contributed by atoms with Gasteiger partial charge in [0.05, 0.1) is 36.6 Å². The van der Waals surface area contributed by atoms with Gasteiger partial charge in [-0.2, -0.15) is 0 Å². The van der Waals surface area contributed by atoms with Crippen LogP contribution in [0.3, 0.4) is 0 Å². The van der Waals surface area contributed by atoms with Crippen molar-refractivity contribution in [1.82, 2.24) is 9.55 Å². The summed E-state index contributed by atoms with van der Waals surface area (Å²) >= 11 is 2.65. The Bertz CT molecular complexity index is 1370. The van der Waals surface area contributed by atoms with E-state index in [4.69, 9.17) is 4.42 Å². The van der Waals surface area contributed by atoms with Crippen molar-refractivity contribution in [3.8, 4) is 0 Å². The number of carbonyl (C=O) groups is 2. The number of aromatic nitrogens is 2. The third-order valence-corrected chi connectivity index (χ3v) is 7.15. The number of carbonyl (C=O) groups excluding carboxylic acids is 2. The van der Waals surface area contributed by atoms with Crippen LogP contribution in [0.25, 0.3) is 10.2 Å². The average Bonchev–Trinajstić information content (AvgIpc) is 3.42. The van der Waals surface area contributed by atoms with Gasteiger partial charge in [-0.05, 0) is 55.8 Å². The molecule has 0 unspecified atom stereocenters. The minimum absolute atomic E-state index is 0.0538. The number of furan rings is 1. The largest absolute Gasteiger partial charge is 0.467 e. The van der Waals surface area contributed by atoms with Crippen LogP contribution in [0.15, 0.2) is 57.0 Å². The standard InChI is InChI=1S/C23H21N3O5S2/c1-13-14(2)33-20-19(13)21(28)26(11-17-5-4-10-31-17)23(25-20)32-12-18(27)24-16-8-6-15(7-9-16)22(29)30-3/h4-10H,11-12H2,1-3H3,(H,24,27). The van der Waals surface area contributed by atoms with Crippen LogP contribution in [0.4, 0.5) is 5.69 Å². The van der Waals surface area contributed by atoms with Gasteiger partial charge in [0.1, 0.15) is 10.6 Å². The molecule has 1 aromatic carbocycles. The number of amides is 1. The number of ether oxygens (including phenoxy) is 1. The molecular weight excluding hydrogens is 462 g/mol. The Balaban J connectivity index is 1.55. The molecule has 0 saturated carbocycles. The van der Waals surface area contributed by atoms with Crippen molar-refractivity contribution >= 4 is 50.9 Å². The summed E-state index contributed by atoms with van der Waals surface area (Å²) in [5, 5.41) is 3.83. The van der Waals surface area contributed by atoms with Crippen LogP contribution in [0.5, 0.6) is 0 Å². The van der Waals surface area contributed by atoms with Crippen LogP contribution in [0.1, 0.15) is 26.6 Å². The van der Waals surface area contributed by atoms with E-state index in [0.29, 0.717) is 32.4 Å². The van der Waals surface area contributed by atoms with Gasteiger partial charge in [0.2, 0.25) is 5.91 Å². The van der Waals surface area contributed by atoms with Crippen LogP contribution >= 0.6 is 23.1 Å². The molecule has 0 aliphatic heterocycles. The number of anilines is 1. The Hall–Kier alpha value is -3.37. The number of hydrogen-bond donors (Lipinski definition) is 1. The molecule has 8 nitrogen and oxygen atoms in total. The predicted octanol–water partition coefficient (Wildman–Crippen LogP) is 4.23. The zero-order valence-electron chi connectivity index (χ0n) is 18.2. The van der Waals surface area contributed by atoms with E-state index in [1.807, 2.05) is 13.8 Å². The summed E-state index contributed by atoms with van der Waals surface area (Å²) in [7, 11) is 1.31. The third-order valence-electron chi connectivity index (χ3n) is 5.07. The molecule has 0 atom stereocenters. The average molecular weight is 484 g/mol. The van der Waals surface area contributed by atoms with E-state index < -0.39 is 5.97 Å². The molecule has 0 aliphatic carbocycles. The summed E-state index contributed by atoms with van der Waals surface area (Å²) in [6, 6.07) is 9.96. The van der Waals surface area contributed by atoms with E-state index in [1.54, 1.807) is 47.2 Å². The highest BCUT2D eigenvalue weighted by molar-refractivity contribution is 7.99. The smallest absolute Gasteiger partial charge is 0.337 e. The maximum Gasteiger partial charge on any atom is 0.337 e. The van der Waals surface area contributed by atoms with Gasteiger partial charge in [0.25, 0.3) is 5.56 Å². The molecule has 33 heavy (non-hydrogen) atoms. The Morgan fingerprint density at radius 1 is 1.21 bits per heavy atom. The summed E-state index contributed by atoms with van der Waals surface area (Å²) in [5.74, 6) is -0.0281. The maximum absolute atomic E-state index is 13.3. The lowest BCUT2D eigenvalue weighted by Gasteiger charge is -2.11. The van der Waals surface area contributed by atoms with Crippen LogP contribution in [-0.2, 0) is 16.1 Å². The SMILES string of the molecule is COC(=O)c1ccc(NC(=O)CSc2nc3sc(C)c(C)c3c(=O)n2Cc2ccco2)cc1. The minimum Gasteiger partial charge on any atom is -0.467 e. The second-order valence-corrected chi connectivity index (χ2v) is 9.38. The third kappa shape index (κ3) is 4.86. The molecule has 0 aliphatic rings. The van der Waals surface area contributed by atoms with Gasteiger partial charge in [0, 0.05) is 10.6 Å². The van der Waals surface area contributed by atoms with E-state index >= 15 is 0 Å². The number of esters is 1. The molecule has 1 N–H and O–H groups in total. The fourth-order valence-electron chi connectivity index (χ4n) is 3.25. The molecular formula is C23H21N3O5S2. The topological polar surface area (TPSA) is 103 Å². The highest BCUT2D eigenvalue weighted by Crippen LogP contribution is 2.28. The Morgan fingerprint density at radius 2 is 1.97 bits per heavy atom. The number of methoxy groups -OCH3 is 1. The van der Waals surface area contributed by atoms with Crippen molar-refractivity contribution in [3.63, 3.8) is 0 Å². The lowest BCUT2D eigenvalue weighted by Crippen LogP contribution is -2.24. The Kier molecular flexibility index (Phi) is 6.66. The molecule has 3 heterocycles. The van der Waals surface area contributed by atoms with Crippen LogP contribution < -0.4 is 10.9 Å². The van der Waals surface area contributed by atoms with Crippen molar-refractivity contribution in [1.29, 1.82) is 0 Å². The molecule has 0 spiro atoms. The van der Waals surface area contributed by atoms with Crippen molar-refractivity contribution in [2.45, 2.75) is 25.5 Å². The Labute approximate surface area is 197 Å². The van der Waals surface area contributed by atoms with Crippen molar-refractivity contribution in [3.05, 3.63) is 74.8 Å². The van der Waals surface area contributed by atoms with Gasteiger partial charge in [-0.15, -0.1) is 11.3 Å². The first-order valence-corrected chi connectivity index (χ1v) is 11.8. The van der Waals surface area contributed by atoms with Crippen LogP contribution in [0, 0.1) is 13.8 Å². The molecule has 0 radical (unpaired) electrons. The lowest BCUT2D eigenvalue weighted by molar-refractivity contribution is -0.113. The van der Waals surface area contributed by atoms with Gasteiger partial charge in [-0.25, -0.2) is 9.78 Å². The van der Waals surface area contributed by atoms with Crippen LogP contribution in [0.2, 0.25) is 0 Å². The predicted molar refractivity (Wildman–Crippen MR) is 128 cm³/mol. The fourth-order valence-corrected chi connectivity index (χ4v) is 5.12. The quantitative estimate of drug-likeness (QED) is 0.238. The first kappa shape index (κ1) is 22.8. The van der Waals surface area contributed by atoms with E-state index in [1.165, 1.54) is 30.2 Å². The first-order valence-electron chi connectivity index (χ1n) is 10.0. The number of thiophene rings is 1. The van der Waals surface area contributed by atoms with Crippen LogP contribution in [-0.4, -0.2) is 34.3 Å². The summed E-state index contributed by atoms with van der Waals surface area (Å²) in [6.07, 6.45) is 1.55. The zero-order valence-corrected chi connectivity index (χ0v) is 19.8. The molecule has 0 saturated heterocycles. The molecule has 170 valence electrons. The van der Waals surface area contributed by atoms with E-state index in [0.717, 1.165) is 10.4 Å². The first-order chi connectivity index (χ1) is 15.9. The molecule has 1 amide bonds. The van der Waals surface area contributed by atoms with Crippen molar-refractivity contribution in [2.75, 3.05) is 18.2 Å². The van der Waals surface area contributed by atoms with Gasteiger partial charge in [-0.3, -0.25) is 14.2 Å². The molecule has 3 aromatic heterocycles. The van der Waals surface area contributed by atoms with Gasteiger partial charge < -0.3 is 14.5 Å². The normalized spacial score (nSPS) is 11.0. The van der Waals surface area contributed by atoms with Gasteiger partial charge in [-0.1, -0.05) is 11.8 Å². The summed E-state index contributed by atoms with van der Waals surface area (Å²) in [6.45, 7) is 4.10. The number of fused-ring (bicyclic) bond motifs is 1. The minimum atomic E-state index is -0.446.